The molecule has 0 aliphatic carbocycles. The summed E-state index contributed by atoms with van der Waals surface area (Å²) in [5.74, 6) is 0.648. The van der Waals surface area contributed by atoms with Crippen LogP contribution in [0.3, 0.4) is 0 Å². The second-order valence-corrected chi connectivity index (χ2v) is 6.39. The zero-order chi connectivity index (χ0) is 19.2. The van der Waals surface area contributed by atoms with Gasteiger partial charge in [-0.1, -0.05) is 41.4 Å². The number of hydrogen-bond donors (Lipinski definition) is 1. The first kappa shape index (κ1) is 19.0. The SMILES string of the molecule is COC(=O)c1cc(-c2ccc(/C=N\NCc3ccccc3Cl)o2)ccc1Cl. The number of halogens is 2. The van der Waals surface area contributed by atoms with E-state index >= 15 is 0 Å². The van der Waals surface area contributed by atoms with Crippen molar-refractivity contribution in [3.63, 3.8) is 0 Å². The predicted octanol–water partition coefficient (Wildman–Crippen LogP) is 5.16. The Kier molecular flexibility index (Phi) is 6.16. The van der Waals surface area contributed by atoms with E-state index in [1.54, 1.807) is 36.5 Å². The number of benzene rings is 2. The maximum Gasteiger partial charge on any atom is 0.339 e. The van der Waals surface area contributed by atoms with Gasteiger partial charge >= 0.3 is 5.97 Å². The largest absolute Gasteiger partial charge is 0.465 e. The van der Waals surface area contributed by atoms with Crippen LogP contribution in [0.1, 0.15) is 21.7 Å². The zero-order valence-electron chi connectivity index (χ0n) is 14.4. The molecule has 0 spiro atoms. The first-order valence-electron chi connectivity index (χ1n) is 8.06. The minimum atomic E-state index is -0.501. The lowest BCUT2D eigenvalue weighted by Crippen LogP contribution is -2.05. The van der Waals surface area contributed by atoms with Crippen LogP contribution in [0, 0.1) is 0 Å². The Labute approximate surface area is 166 Å². The summed E-state index contributed by atoms with van der Waals surface area (Å²) in [7, 11) is 1.31. The highest BCUT2D eigenvalue weighted by atomic mass is 35.5. The minimum Gasteiger partial charge on any atom is -0.465 e. The Balaban J connectivity index is 1.68. The standard InChI is InChI=1S/C20H16Cl2N2O3/c1-26-20(25)16-10-13(6-8-18(16)22)19-9-7-15(27-19)12-24-23-11-14-4-2-3-5-17(14)21/h2-10,12,23H,11H2,1H3/b24-12-. The molecule has 0 saturated carbocycles. The minimum absolute atomic E-state index is 0.282. The van der Waals surface area contributed by atoms with Gasteiger partial charge in [-0.3, -0.25) is 0 Å². The molecule has 5 nitrogen and oxygen atoms in total. The Hall–Kier alpha value is -2.76. The molecular formula is C20H16Cl2N2O3. The Bertz CT molecular complexity index is 983. The lowest BCUT2D eigenvalue weighted by Gasteiger charge is -2.04. The summed E-state index contributed by atoms with van der Waals surface area (Å²) < 4.78 is 10.5. The zero-order valence-corrected chi connectivity index (χ0v) is 15.9. The van der Waals surface area contributed by atoms with E-state index in [1.165, 1.54) is 7.11 Å². The summed E-state index contributed by atoms with van der Waals surface area (Å²) in [6.07, 6.45) is 1.57. The van der Waals surface area contributed by atoms with Crippen molar-refractivity contribution in [3.8, 4) is 11.3 Å². The average molecular weight is 403 g/mol. The van der Waals surface area contributed by atoms with Crippen molar-refractivity contribution in [1.29, 1.82) is 0 Å². The summed E-state index contributed by atoms with van der Waals surface area (Å²) in [4.78, 5) is 11.8. The van der Waals surface area contributed by atoms with Crippen LogP contribution >= 0.6 is 23.2 Å². The monoisotopic (exact) mass is 402 g/mol. The molecule has 3 rings (SSSR count). The van der Waals surface area contributed by atoms with Gasteiger partial charge < -0.3 is 14.6 Å². The molecule has 138 valence electrons. The second-order valence-electron chi connectivity index (χ2n) is 5.57. The third kappa shape index (κ3) is 4.70. The predicted molar refractivity (Wildman–Crippen MR) is 106 cm³/mol. The van der Waals surface area contributed by atoms with Gasteiger partial charge in [-0.2, -0.15) is 5.10 Å². The Morgan fingerprint density at radius 2 is 1.96 bits per heavy atom. The van der Waals surface area contributed by atoms with E-state index in [9.17, 15) is 4.79 Å². The van der Waals surface area contributed by atoms with E-state index in [0.717, 1.165) is 5.56 Å². The van der Waals surface area contributed by atoms with Crippen molar-refractivity contribution in [2.45, 2.75) is 6.54 Å². The smallest absolute Gasteiger partial charge is 0.339 e. The Morgan fingerprint density at radius 1 is 1.15 bits per heavy atom. The van der Waals surface area contributed by atoms with Crippen LogP contribution < -0.4 is 5.43 Å². The molecule has 0 amide bonds. The highest BCUT2D eigenvalue weighted by Crippen LogP contribution is 2.27. The molecule has 27 heavy (non-hydrogen) atoms. The number of rotatable bonds is 6. The summed E-state index contributed by atoms with van der Waals surface area (Å²) in [5, 5.41) is 5.14. The van der Waals surface area contributed by atoms with Crippen molar-refractivity contribution in [3.05, 3.63) is 81.5 Å². The first-order chi connectivity index (χ1) is 13.1. The first-order valence-corrected chi connectivity index (χ1v) is 8.81. The molecule has 1 N–H and O–H groups in total. The molecule has 0 bridgehead atoms. The van der Waals surface area contributed by atoms with Gasteiger partial charge in [0.05, 0.1) is 30.5 Å². The number of furan rings is 1. The van der Waals surface area contributed by atoms with E-state index in [1.807, 2.05) is 24.3 Å². The number of ether oxygens (including phenoxy) is 1. The van der Waals surface area contributed by atoms with Crippen LogP contribution in [0.25, 0.3) is 11.3 Å². The number of methoxy groups -OCH3 is 1. The molecule has 0 unspecified atom stereocenters. The molecule has 0 atom stereocenters. The second kappa shape index (κ2) is 8.75. The van der Waals surface area contributed by atoms with Crippen LogP contribution in [0.2, 0.25) is 10.0 Å². The molecule has 1 aromatic heterocycles. The van der Waals surface area contributed by atoms with Crippen LogP contribution in [-0.4, -0.2) is 19.3 Å². The number of carbonyl (C=O) groups excluding carboxylic acids is 1. The van der Waals surface area contributed by atoms with Crippen molar-refractivity contribution < 1.29 is 13.9 Å². The number of carbonyl (C=O) groups is 1. The molecule has 0 fully saturated rings. The third-order valence-electron chi connectivity index (χ3n) is 3.79. The van der Waals surface area contributed by atoms with E-state index in [2.05, 4.69) is 10.5 Å². The van der Waals surface area contributed by atoms with Gasteiger partial charge in [0.25, 0.3) is 0 Å². The number of nitrogens with zero attached hydrogens (tertiary/aromatic N) is 1. The summed E-state index contributed by atoms with van der Waals surface area (Å²) in [6, 6.07) is 16.1. The number of nitrogens with one attached hydrogen (secondary N) is 1. The maximum atomic E-state index is 11.8. The lowest BCUT2D eigenvalue weighted by atomic mass is 10.1. The highest BCUT2D eigenvalue weighted by molar-refractivity contribution is 6.33. The normalized spacial score (nSPS) is 10.9. The number of hydrogen-bond acceptors (Lipinski definition) is 5. The third-order valence-corrected chi connectivity index (χ3v) is 4.49. The average Bonchev–Trinajstić information content (AvgIpc) is 3.15. The van der Waals surface area contributed by atoms with Crippen LogP contribution in [-0.2, 0) is 11.3 Å². The molecule has 7 heteroatoms. The topological polar surface area (TPSA) is 63.8 Å². The van der Waals surface area contributed by atoms with Crippen LogP contribution in [0.15, 0.2) is 64.1 Å². The number of hydrazone groups is 1. The van der Waals surface area contributed by atoms with E-state index in [0.29, 0.717) is 33.7 Å². The van der Waals surface area contributed by atoms with Gasteiger partial charge in [-0.05, 0) is 42.0 Å². The van der Waals surface area contributed by atoms with Crippen molar-refractivity contribution in [1.82, 2.24) is 5.43 Å². The fraction of sp³-hybridized carbons (Fsp3) is 0.100. The Morgan fingerprint density at radius 3 is 2.74 bits per heavy atom. The van der Waals surface area contributed by atoms with E-state index < -0.39 is 5.97 Å². The van der Waals surface area contributed by atoms with Crippen LogP contribution in [0.5, 0.6) is 0 Å². The molecule has 0 radical (unpaired) electrons. The van der Waals surface area contributed by atoms with Crippen molar-refractivity contribution >= 4 is 35.4 Å². The summed E-state index contributed by atoms with van der Waals surface area (Å²) >= 11 is 12.1. The van der Waals surface area contributed by atoms with Crippen molar-refractivity contribution in [2.24, 2.45) is 5.10 Å². The number of esters is 1. The molecular weight excluding hydrogens is 387 g/mol. The van der Waals surface area contributed by atoms with E-state index in [-0.39, 0.29) is 5.56 Å². The maximum absolute atomic E-state index is 11.8. The van der Waals surface area contributed by atoms with Gasteiger partial charge in [-0.25, -0.2) is 4.79 Å². The molecule has 0 aliphatic heterocycles. The van der Waals surface area contributed by atoms with Gasteiger partial charge in [0.2, 0.25) is 0 Å². The van der Waals surface area contributed by atoms with Gasteiger partial charge in [0, 0.05) is 10.6 Å². The van der Waals surface area contributed by atoms with Crippen LogP contribution in [0.4, 0.5) is 0 Å². The summed E-state index contributed by atoms with van der Waals surface area (Å²) in [5.41, 5.74) is 4.87. The van der Waals surface area contributed by atoms with Gasteiger partial charge in [0.1, 0.15) is 11.5 Å². The van der Waals surface area contributed by atoms with Crippen molar-refractivity contribution in [2.75, 3.05) is 7.11 Å². The molecule has 3 aromatic rings. The molecule has 1 heterocycles. The highest BCUT2D eigenvalue weighted by Gasteiger charge is 2.13. The lowest BCUT2D eigenvalue weighted by molar-refractivity contribution is 0.0601. The molecule has 0 aliphatic rings. The quantitative estimate of drug-likeness (QED) is 0.351. The summed E-state index contributed by atoms with van der Waals surface area (Å²) in [6.45, 7) is 0.503. The fourth-order valence-corrected chi connectivity index (χ4v) is 2.80. The van der Waals surface area contributed by atoms with E-state index in [4.69, 9.17) is 32.4 Å². The molecule has 0 saturated heterocycles. The fourth-order valence-electron chi connectivity index (χ4n) is 2.40. The van der Waals surface area contributed by atoms with Gasteiger partial charge in [-0.15, -0.1) is 0 Å². The molecule has 2 aromatic carbocycles. The van der Waals surface area contributed by atoms with Gasteiger partial charge in [0.15, 0.2) is 0 Å².